The Morgan fingerprint density at radius 1 is 1.10 bits per heavy atom. The van der Waals surface area contributed by atoms with Crippen LogP contribution in [0.3, 0.4) is 0 Å². The van der Waals surface area contributed by atoms with Crippen LogP contribution in [0.5, 0.6) is 0 Å². The van der Waals surface area contributed by atoms with Gasteiger partial charge in [-0.25, -0.2) is 0 Å². The summed E-state index contributed by atoms with van der Waals surface area (Å²) >= 11 is 0. The third-order valence-corrected chi connectivity index (χ3v) is 3.92. The zero-order valence-electron chi connectivity index (χ0n) is 12.9. The molecule has 1 aromatic heterocycles. The molecule has 2 atom stereocenters. The number of aryl methyl sites for hydroxylation is 2. The van der Waals surface area contributed by atoms with Crippen molar-refractivity contribution in [3.8, 4) is 0 Å². The van der Waals surface area contributed by atoms with Crippen LogP contribution in [0.2, 0.25) is 0 Å². The summed E-state index contributed by atoms with van der Waals surface area (Å²) in [5, 5.41) is 3.64. The van der Waals surface area contributed by atoms with E-state index in [9.17, 15) is 0 Å². The highest BCUT2D eigenvalue weighted by Gasteiger charge is 2.21. The summed E-state index contributed by atoms with van der Waals surface area (Å²) in [6, 6.07) is 11.3. The van der Waals surface area contributed by atoms with Crippen LogP contribution in [0.1, 0.15) is 48.1 Å². The van der Waals surface area contributed by atoms with E-state index in [2.05, 4.69) is 68.3 Å². The molecule has 0 saturated carbocycles. The lowest BCUT2D eigenvalue weighted by Gasteiger charge is -2.27. The van der Waals surface area contributed by atoms with Gasteiger partial charge in [-0.1, -0.05) is 37.6 Å². The summed E-state index contributed by atoms with van der Waals surface area (Å²) in [5.74, 6) is 0.416. The van der Waals surface area contributed by atoms with E-state index in [0.717, 1.165) is 6.54 Å². The van der Waals surface area contributed by atoms with Gasteiger partial charge in [0.15, 0.2) is 0 Å². The Kier molecular flexibility index (Phi) is 4.91. The number of nitrogens with zero attached hydrogens (tertiary/aromatic N) is 1. The fourth-order valence-corrected chi connectivity index (χ4v) is 2.81. The first-order chi connectivity index (χ1) is 9.63. The molecule has 1 heterocycles. The van der Waals surface area contributed by atoms with Gasteiger partial charge in [-0.3, -0.25) is 4.98 Å². The number of rotatable bonds is 5. The summed E-state index contributed by atoms with van der Waals surface area (Å²) in [7, 11) is 0. The fourth-order valence-electron chi connectivity index (χ4n) is 2.81. The largest absolute Gasteiger partial charge is 0.310 e. The zero-order chi connectivity index (χ0) is 14.5. The molecule has 1 N–H and O–H groups in total. The van der Waals surface area contributed by atoms with E-state index in [1.54, 1.807) is 0 Å². The lowest BCUT2D eigenvalue weighted by Crippen LogP contribution is -2.26. The van der Waals surface area contributed by atoms with Crippen LogP contribution in [0.15, 0.2) is 42.7 Å². The molecule has 0 radical (unpaired) electrons. The van der Waals surface area contributed by atoms with Gasteiger partial charge in [-0.15, -0.1) is 0 Å². The SMILES string of the molecule is CCNC(c1ccc(C)cc1C)C(C)c1ccncc1. The van der Waals surface area contributed by atoms with E-state index < -0.39 is 0 Å². The van der Waals surface area contributed by atoms with Gasteiger partial charge < -0.3 is 5.32 Å². The Balaban J connectivity index is 2.35. The summed E-state index contributed by atoms with van der Waals surface area (Å²) in [5.41, 5.74) is 5.39. The third-order valence-electron chi connectivity index (χ3n) is 3.92. The van der Waals surface area contributed by atoms with Gasteiger partial charge in [-0.05, 0) is 49.2 Å². The van der Waals surface area contributed by atoms with Crippen molar-refractivity contribution >= 4 is 0 Å². The van der Waals surface area contributed by atoms with E-state index in [0.29, 0.717) is 12.0 Å². The standard InChI is InChI=1S/C18H24N2/c1-5-20-18(15(4)16-8-10-19-11-9-16)17-7-6-13(2)12-14(17)3/h6-12,15,18,20H,5H2,1-4H3. The molecule has 2 unspecified atom stereocenters. The lowest BCUT2D eigenvalue weighted by atomic mass is 9.86. The van der Waals surface area contributed by atoms with Crippen LogP contribution in [0.25, 0.3) is 0 Å². The highest BCUT2D eigenvalue weighted by atomic mass is 14.9. The number of pyridine rings is 1. The normalized spacial score (nSPS) is 14.0. The summed E-state index contributed by atoms with van der Waals surface area (Å²) in [4.78, 5) is 4.11. The van der Waals surface area contributed by atoms with Crippen molar-refractivity contribution in [2.75, 3.05) is 6.54 Å². The van der Waals surface area contributed by atoms with E-state index in [-0.39, 0.29) is 0 Å². The highest BCUT2D eigenvalue weighted by Crippen LogP contribution is 2.32. The number of benzene rings is 1. The van der Waals surface area contributed by atoms with E-state index in [4.69, 9.17) is 0 Å². The topological polar surface area (TPSA) is 24.9 Å². The number of hydrogen-bond donors (Lipinski definition) is 1. The molecular formula is C18H24N2. The molecule has 0 spiro atoms. The lowest BCUT2D eigenvalue weighted by molar-refractivity contribution is 0.477. The molecule has 0 aliphatic carbocycles. The molecule has 0 amide bonds. The maximum Gasteiger partial charge on any atom is 0.0389 e. The molecule has 0 fully saturated rings. The Labute approximate surface area is 122 Å². The molecule has 1 aromatic carbocycles. The van der Waals surface area contributed by atoms with Gasteiger partial charge in [0.2, 0.25) is 0 Å². The van der Waals surface area contributed by atoms with Gasteiger partial charge in [0.05, 0.1) is 0 Å². The van der Waals surface area contributed by atoms with Crippen LogP contribution < -0.4 is 5.32 Å². The number of aromatic nitrogens is 1. The minimum Gasteiger partial charge on any atom is -0.310 e. The van der Waals surface area contributed by atoms with Crippen molar-refractivity contribution in [1.29, 1.82) is 0 Å². The van der Waals surface area contributed by atoms with Gasteiger partial charge in [0.1, 0.15) is 0 Å². The zero-order valence-corrected chi connectivity index (χ0v) is 12.9. The van der Waals surface area contributed by atoms with Crippen LogP contribution in [0.4, 0.5) is 0 Å². The van der Waals surface area contributed by atoms with Crippen molar-refractivity contribution in [1.82, 2.24) is 10.3 Å². The average Bonchev–Trinajstić information content (AvgIpc) is 2.46. The monoisotopic (exact) mass is 268 g/mol. The average molecular weight is 268 g/mol. The molecule has 0 aliphatic heterocycles. The second kappa shape index (κ2) is 6.67. The van der Waals surface area contributed by atoms with E-state index >= 15 is 0 Å². The van der Waals surface area contributed by atoms with Crippen LogP contribution in [-0.2, 0) is 0 Å². The molecular weight excluding hydrogens is 244 g/mol. The minimum absolute atomic E-state index is 0.336. The molecule has 2 nitrogen and oxygen atoms in total. The molecule has 2 rings (SSSR count). The molecule has 20 heavy (non-hydrogen) atoms. The molecule has 0 bridgehead atoms. The molecule has 0 aliphatic rings. The van der Waals surface area contributed by atoms with Crippen molar-refractivity contribution < 1.29 is 0 Å². The van der Waals surface area contributed by atoms with Crippen LogP contribution in [-0.4, -0.2) is 11.5 Å². The minimum atomic E-state index is 0.336. The van der Waals surface area contributed by atoms with Crippen molar-refractivity contribution in [3.05, 3.63) is 65.0 Å². The predicted octanol–water partition coefficient (Wildman–Crippen LogP) is 4.15. The van der Waals surface area contributed by atoms with Crippen molar-refractivity contribution in [2.24, 2.45) is 0 Å². The molecule has 2 heteroatoms. The van der Waals surface area contributed by atoms with Gasteiger partial charge in [-0.2, -0.15) is 0 Å². The predicted molar refractivity (Wildman–Crippen MR) is 85.0 cm³/mol. The van der Waals surface area contributed by atoms with E-state index in [1.807, 2.05) is 12.4 Å². The summed E-state index contributed by atoms with van der Waals surface area (Å²) in [6.07, 6.45) is 3.74. The first-order valence-electron chi connectivity index (χ1n) is 7.34. The first kappa shape index (κ1) is 14.7. The fraction of sp³-hybridized carbons (Fsp3) is 0.389. The quantitative estimate of drug-likeness (QED) is 0.881. The van der Waals surface area contributed by atoms with Gasteiger partial charge in [0.25, 0.3) is 0 Å². The maximum atomic E-state index is 4.11. The smallest absolute Gasteiger partial charge is 0.0389 e. The third kappa shape index (κ3) is 3.26. The summed E-state index contributed by atoms with van der Waals surface area (Å²) < 4.78 is 0. The van der Waals surface area contributed by atoms with Gasteiger partial charge >= 0.3 is 0 Å². The van der Waals surface area contributed by atoms with Crippen molar-refractivity contribution in [3.63, 3.8) is 0 Å². The van der Waals surface area contributed by atoms with Crippen molar-refractivity contribution in [2.45, 2.75) is 39.7 Å². The Morgan fingerprint density at radius 2 is 1.80 bits per heavy atom. The number of likely N-dealkylation sites (N-methyl/N-ethyl adjacent to an activating group) is 1. The highest BCUT2D eigenvalue weighted by molar-refractivity contribution is 5.35. The number of nitrogens with one attached hydrogen (secondary N) is 1. The Morgan fingerprint density at radius 3 is 2.40 bits per heavy atom. The Hall–Kier alpha value is -1.67. The molecule has 2 aromatic rings. The Bertz CT molecular complexity index is 549. The number of hydrogen-bond acceptors (Lipinski definition) is 2. The maximum absolute atomic E-state index is 4.11. The molecule has 0 saturated heterocycles. The first-order valence-corrected chi connectivity index (χ1v) is 7.34. The summed E-state index contributed by atoms with van der Waals surface area (Å²) in [6.45, 7) is 9.75. The second-order valence-corrected chi connectivity index (χ2v) is 5.46. The van der Waals surface area contributed by atoms with Crippen LogP contribution in [0, 0.1) is 13.8 Å². The van der Waals surface area contributed by atoms with Crippen LogP contribution >= 0.6 is 0 Å². The van der Waals surface area contributed by atoms with Gasteiger partial charge in [0, 0.05) is 24.4 Å². The second-order valence-electron chi connectivity index (χ2n) is 5.46. The molecule has 106 valence electrons. The van der Waals surface area contributed by atoms with E-state index in [1.165, 1.54) is 22.3 Å².